The molecule has 0 N–H and O–H groups in total. The first-order valence-corrected chi connectivity index (χ1v) is 7.85. The zero-order valence-corrected chi connectivity index (χ0v) is 13.1. The molecule has 1 saturated heterocycles. The molecule has 0 saturated carbocycles. The molecule has 0 aliphatic carbocycles. The molecule has 0 atom stereocenters. The minimum Gasteiger partial charge on any atom is -0.472 e. The van der Waals surface area contributed by atoms with Crippen LogP contribution in [0, 0.1) is 0 Å². The van der Waals surface area contributed by atoms with Crippen molar-refractivity contribution in [3.8, 4) is 0 Å². The molecule has 1 aliphatic heterocycles. The highest BCUT2D eigenvalue weighted by Gasteiger charge is 2.21. The molecular formula is C17H19ClN2O2. The van der Waals surface area contributed by atoms with Crippen molar-refractivity contribution >= 4 is 17.5 Å². The lowest BCUT2D eigenvalue weighted by atomic mass is 10.2. The molecule has 0 bridgehead atoms. The third kappa shape index (κ3) is 3.70. The zero-order chi connectivity index (χ0) is 15.4. The van der Waals surface area contributed by atoms with Gasteiger partial charge in [0, 0.05) is 49.7 Å². The Morgan fingerprint density at radius 1 is 1.09 bits per heavy atom. The minimum absolute atomic E-state index is 0.189. The first-order chi connectivity index (χ1) is 10.7. The van der Waals surface area contributed by atoms with Crippen LogP contribution < -0.4 is 0 Å². The van der Waals surface area contributed by atoms with E-state index >= 15 is 0 Å². The fraction of sp³-hybridized carbons (Fsp3) is 0.353. The van der Waals surface area contributed by atoms with Crippen LogP contribution in [0.25, 0.3) is 0 Å². The summed E-state index contributed by atoms with van der Waals surface area (Å²) in [5, 5.41) is 0.717. The van der Waals surface area contributed by atoms with Crippen LogP contribution >= 0.6 is 11.6 Å². The van der Waals surface area contributed by atoms with E-state index in [4.69, 9.17) is 16.0 Å². The van der Waals surface area contributed by atoms with Gasteiger partial charge in [0.15, 0.2) is 0 Å². The van der Waals surface area contributed by atoms with E-state index in [0.29, 0.717) is 13.0 Å². The topological polar surface area (TPSA) is 36.7 Å². The van der Waals surface area contributed by atoms with Gasteiger partial charge in [-0.25, -0.2) is 0 Å². The van der Waals surface area contributed by atoms with Crippen molar-refractivity contribution in [1.82, 2.24) is 9.80 Å². The van der Waals surface area contributed by atoms with Crippen molar-refractivity contribution < 1.29 is 9.21 Å². The minimum atomic E-state index is 0.189. The van der Waals surface area contributed by atoms with Gasteiger partial charge in [0.2, 0.25) is 5.91 Å². The van der Waals surface area contributed by atoms with E-state index in [1.54, 1.807) is 12.5 Å². The van der Waals surface area contributed by atoms with Gasteiger partial charge in [-0.3, -0.25) is 9.69 Å². The molecule has 4 nitrogen and oxygen atoms in total. The van der Waals surface area contributed by atoms with Gasteiger partial charge in [0.25, 0.3) is 0 Å². The van der Waals surface area contributed by atoms with Crippen molar-refractivity contribution in [3.63, 3.8) is 0 Å². The molecule has 1 aliphatic rings. The molecule has 22 heavy (non-hydrogen) atoms. The van der Waals surface area contributed by atoms with Gasteiger partial charge in [-0.1, -0.05) is 29.8 Å². The maximum absolute atomic E-state index is 12.3. The second-order valence-electron chi connectivity index (χ2n) is 5.56. The van der Waals surface area contributed by atoms with Crippen LogP contribution in [0.4, 0.5) is 0 Å². The predicted octanol–water partition coefficient (Wildman–Crippen LogP) is 3.17. The van der Waals surface area contributed by atoms with Crippen LogP contribution in [0.5, 0.6) is 0 Å². The lowest BCUT2D eigenvalue weighted by Crippen LogP contribution is -2.32. The average molecular weight is 319 g/mol. The second-order valence-corrected chi connectivity index (χ2v) is 5.97. The van der Waals surface area contributed by atoms with Crippen LogP contribution in [-0.4, -0.2) is 35.3 Å². The number of halogens is 1. The van der Waals surface area contributed by atoms with Crippen molar-refractivity contribution in [2.45, 2.75) is 19.5 Å². The summed E-state index contributed by atoms with van der Waals surface area (Å²) < 4.78 is 5.10. The summed E-state index contributed by atoms with van der Waals surface area (Å²) in [7, 11) is 0. The van der Waals surface area contributed by atoms with E-state index in [2.05, 4.69) is 4.90 Å². The van der Waals surface area contributed by atoms with E-state index in [1.165, 1.54) is 0 Å². The summed E-state index contributed by atoms with van der Waals surface area (Å²) in [5.41, 5.74) is 2.15. The van der Waals surface area contributed by atoms with Crippen LogP contribution in [-0.2, 0) is 17.9 Å². The highest BCUT2D eigenvalue weighted by atomic mass is 35.5. The molecule has 5 heteroatoms. The highest BCUT2D eigenvalue weighted by molar-refractivity contribution is 6.31. The fourth-order valence-corrected chi connectivity index (χ4v) is 2.90. The van der Waals surface area contributed by atoms with E-state index < -0.39 is 0 Å². The Morgan fingerprint density at radius 3 is 2.73 bits per heavy atom. The lowest BCUT2D eigenvalue weighted by molar-refractivity contribution is -0.130. The summed E-state index contributed by atoms with van der Waals surface area (Å²) in [6.07, 6.45) is 3.98. The second kappa shape index (κ2) is 6.99. The third-order valence-electron chi connectivity index (χ3n) is 3.99. The average Bonchev–Trinajstić information content (AvgIpc) is 2.96. The number of carbonyl (C=O) groups is 1. The summed E-state index contributed by atoms with van der Waals surface area (Å²) >= 11 is 6.20. The Morgan fingerprint density at radius 2 is 1.95 bits per heavy atom. The SMILES string of the molecule is O=C1CCN(Cc2ccoc2)CCN1Cc1ccccc1Cl. The van der Waals surface area contributed by atoms with E-state index in [-0.39, 0.29) is 5.91 Å². The van der Waals surface area contributed by atoms with E-state index in [9.17, 15) is 4.79 Å². The van der Waals surface area contributed by atoms with Crippen LogP contribution in [0.3, 0.4) is 0 Å². The maximum atomic E-state index is 12.3. The monoisotopic (exact) mass is 318 g/mol. The predicted molar refractivity (Wildman–Crippen MR) is 85.5 cm³/mol. The Balaban J connectivity index is 1.62. The first-order valence-electron chi connectivity index (χ1n) is 7.47. The highest BCUT2D eigenvalue weighted by Crippen LogP contribution is 2.19. The number of furan rings is 1. The number of hydrogen-bond acceptors (Lipinski definition) is 3. The van der Waals surface area contributed by atoms with Crippen molar-refractivity contribution in [2.75, 3.05) is 19.6 Å². The summed E-state index contributed by atoms with van der Waals surface area (Å²) in [6, 6.07) is 9.67. The number of hydrogen-bond donors (Lipinski definition) is 0. The molecule has 3 rings (SSSR count). The van der Waals surface area contributed by atoms with Gasteiger partial charge in [0.05, 0.1) is 12.5 Å². The Hall–Kier alpha value is -1.78. The van der Waals surface area contributed by atoms with Gasteiger partial charge in [-0.15, -0.1) is 0 Å². The van der Waals surface area contributed by atoms with Gasteiger partial charge in [0.1, 0.15) is 0 Å². The molecule has 0 spiro atoms. The fourth-order valence-electron chi connectivity index (χ4n) is 2.71. The molecule has 116 valence electrons. The molecule has 0 radical (unpaired) electrons. The Labute approximate surface area is 135 Å². The summed E-state index contributed by atoms with van der Waals surface area (Å²) in [5.74, 6) is 0.189. The number of benzene rings is 1. The maximum Gasteiger partial charge on any atom is 0.224 e. The number of nitrogens with zero attached hydrogens (tertiary/aromatic N) is 2. The third-order valence-corrected chi connectivity index (χ3v) is 4.35. The first kappa shape index (κ1) is 15.1. The largest absolute Gasteiger partial charge is 0.472 e. The molecule has 1 aromatic heterocycles. The van der Waals surface area contributed by atoms with Crippen LogP contribution in [0.1, 0.15) is 17.5 Å². The molecule has 0 unspecified atom stereocenters. The summed E-state index contributed by atoms with van der Waals surface area (Å²) in [6.45, 7) is 3.77. The van der Waals surface area contributed by atoms with Gasteiger partial charge in [-0.05, 0) is 17.7 Å². The quantitative estimate of drug-likeness (QED) is 0.869. The number of amides is 1. The van der Waals surface area contributed by atoms with Crippen molar-refractivity contribution in [1.29, 1.82) is 0 Å². The molecule has 2 heterocycles. The van der Waals surface area contributed by atoms with Crippen LogP contribution in [0.15, 0.2) is 47.3 Å². The van der Waals surface area contributed by atoms with Gasteiger partial charge < -0.3 is 9.32 Å². The summed E-state index contributed by atoms with van der Waals surface area (Å²) in [4.78, 5) is 16.5. The molecule has 1 aromatic carbocycles. The van der Waals surface area contributed by atoms with Gasteiger partial charge >= 0.3 is 0 Å². The lowest BCUT2D eigenvalue weighted by Gasteiger charge is -2.22. The van der Waals surface area contributed by atoms with Crippen molar-refractivity contribution in [2.24, 2.45) is 0 Å². The van der Waals surface area contributed by atoms with E-state index in [1.807, 2.05) is 35.2 Å². The number of rotatable bonds is 4. The smallest absolute Gasteiger partial charge is 0.224 e. The Kier molecular flexibility index (Phi) is 4.80. The number of carbonyl (C=O) groups excluding carboxylic acids is 1. The molecule has 1 fully saturated rings. The Bertz CT molecular complexity index is 627. The standard InChI is InChI=1S/C17H19ClN2O2/c18-16-4-2-1-3-15(16)12-20-9-8-19(7-5-17(20)21)11-14-6-10-22-13-14/h1-4,6,10,13H,5,7-9,11-12H2. The van der Waals surface area contributed by atoms with Crippen molar-refractivity contribution in [3.05, 3.63) is 59.0 Å². The van der Waals surface area contributed by atoms with Gasteiger partial charge in [-0.2, -0.15) is 0 Å². The molecule has 2 aromatic rings. The normalized spacial score (nSPS) is 16.8. The van der Waals surface area contributed by atoms with Crippen LogP contribution in [0.2, 0.25) is 5.02 Å². The molecule has 1 amide bonds. The van der Waals surface area contributed by atoms with E-state index in [0.717, 1.165) is 42.3 Å². The zero-order valence-electron chi connectivity index (χ0n) is 12.4. The molecular weight excluding hydrogens is 300 g/mol.